The lowest BCUT2D eigenvalue weighted by molar-refractivity contribution is -0.134. The lowest BCUT2D eigenvalue weighted by Gasteiger charge is -2.29. The molecule has 2 heterocycles. The number of carbonyl (C=O) groups is 4. The molecule has 24 heavy (non-hydrogen) atoms. The average Bonchev–Trinajstić information content (AvgIpc) is 2.55. The van der Waals surface area contributed by atoms with Crippen LogP contribution >= 0.6 is 0 Å². The topological polar surface area (TPSA) is 92.3 Å². The van der Waals surface area contributed by atoms with Gasteiger partial charge in [0.25, 0.3) is 0 Å². The van der Waals surface area contributed by atoms with E-state index in [1.807, 2.05) is 0 Å². The van der Waals surface area contributed by atoms with Gasteiger partial charge < -0.3 is 10.1 Å². The molecule has 0 saturated carbocycles. The van der Waals surface area contributed by atoms with E-state index in [1.165, 1.54) is 6.07 Å². The Morgan fingerprint density at radius 2 is 1.96 bits per heavy atom. The minimum atomic E-state index is -0.560. The van der Waals surface area contributed by atoms with Crippen LogP contribution in [0.2, 0.25) is 0 Å². The fourth-order valence-electron chi connectivity index (χ4n) is 3.36. The van der Waals surface area contributed by atoms with Gasteiger partial charge in [0, 0.05) is 31.2 Å². The van der Waals surface area contributed by atoms with Crippen molar-refractivity contribution in [3.05, 3.63) is 35.1 Å². The standard InChI is InChI=1S/C17H17FN2O4/c18-14-5-9(11-3-4-15(22)20-17(11)24)1-2-12(14)13-7-19-16(23)6-10(13)8-21/h1-2,5,8,10-11,13H,3-4,6-7H2,(H,19,23)(H,20,22,24). The SMILES string of the molecule is O=CC1CC(=O)NCC1c1ccc(C2CCC(=O)NC2=O)cc1F. The highest BCUT2D eigenvalue weighted by molar-refractivity contribution is 6.00. The van der Waals surface area contributed by atoms with Crippen molar-refractivity contribution >= 4 is 24.0 Å². The van der Waals surface area contributed by atoms with E-state index in [9.17, 15) is 23.6 Å². The molecule has 1 aromatic carbocycles. The largest absolute Gasteiger partial charge is 0.355 e. The van der Waals surface area contributed by atoms with Crippen LogP contribution in [0.15, 0.2) is 18.2 Å². The third kappa shape index (κ3) is 3.06. The molecule has 0 radical (unpaired) electrons. The summed E-state index contributed by atoms with van der Waals surface area (Å²) in [5.41, 5.74) is 0.854. The maximum atomic E-state index is 14.6. The monoisotopic (exact) mass is 332 g/mol. The molecule has 3 atom stereocenters. The molecule has 0 aliphatic carbocycles. The molecule has 1 aromatic rings. The Morgan fingerprint density at radius 1 is 1.17 bits per heavy atom. The zero-order valence-electron chi connectivity index (χ0n) is 12.9. The predicted molar refractivity (Wildman–Crippen MR) is 81.4 cm³/mol. The summed E-state index contributed by atoms with van der Waals surface area (Å²) in [4.78, 5) is 45.7. The zero-order valence-corrected chi connectivity index (χ0v) is 12.9. The Balaban J connectivity index is 1.85. The lowest BCUT2D eigenvalue weighted by Crippen LogP contribution is -2.40. The number of hydrogen-bond acceptors (Lipinski definition) is 4. The molecular weight excluding hydrogens is 315 g/mol. The van der Waals surface area contributed by atoms with Crippen molar-refractivity contribution in [1.29, 1.82) is 0 Å². The van der Waals surface area contributed by atoms with Crippen LogP contribution in [0.5, 0.6) is 0 Å². The number of imide groups is 1. The number of rotatable bonds is 3. The van der Waals surface area contributed by atoms with Crippen LogP contribution in [-0.2, 0) is 19.2 Å². The Hall–Kier alpha value is -2.57. The summed E-state index contributed by atoms with van der Waals surface area (Å²) >= 11 is 0. The lowest BCUT2D eigenvalue weighted by atomic mass is 9.80. The van der Waals surface area contributed by atoms with Gasteiger partial charge in [-0.15, -0.1) is 0 Å². The molecule has 0 bridgehead atoms. The number of nitrogens with one attached hydrogen (secondary N) is 2. The second-order valence-corrected chi connectivity index (χ2v) is 6.20. The molecule has 0 spiro atoms. The average molecular weight is 332 g/mol. The third-order valence-electron chi connectivity index (χ3n) is 4.70. The van der Waals surface area contributed by atoms with E-state index < -0.39 is 29.5 Å². The number of carbonyl (C=O) groups excluding carboxylic acids is 4. The maximum Gasteiger partial charge on any atom is 0.234 e. The Labute approximate surface area is 137 Å². The van der Waals surface area contributed by atoms with Crippen LogP contribution in [0.1, 0.15) is 42.2 Å². The molecule has 3 amide bonds. The number of hydrogen-bond donors (Lipinski definition) is 2. The number of benzene rings is 1. The minimum Gasteiger partial charge on any atom is -0.355 e. The number of aldehydes is 1. The first-order valence-corrected chi connectivity index (χ1v) is 7.84. The molecule has 2 aliphatic heterocycles. The molecule has 2 saturated heterocycles. The first-order chi connectivity index (χ1) is 11.5. The Bertz CT molecular complexity index is 719. The molecule has 2 fully saturated rings. The second-order valence-electron chi connectivity index (χ2n) is 6.20. The summed E-state index contributed by atoms with van der Waals surface area (Å²) in [6.07, 6.45) is 1.31. The van der Waals surface area contributed by atoms with E-state index >= 15 is 0 Å². The van der Waals surface area contributed by atoms with Crippen LogP contribution in [-0.4, -0.2) is 30.6 Å². The number of piperidine rings is 2. The molecule has 0 aromatic heterocycles. The van der Waals surface area contributed by atoms with Crippen molar-refractivity contribution in [2.75, 3.05) is 6.54 Å². The van der Waals surface area contributed by atoms with Crippen molar-refractivity contribution in [3.63, 3.8) is 0 Å². The predicted octanol–water partition coefficient (Wildman–Crippen LogP) is 0.764. The van der Waals surface area contributed by atoms with E-state index in [1.54, 1.807) is 12.1 Å². The molecule has 2 aliphatic rings. The number of amides is 3. The third-order valence-corrected chi connectivity index (χ3v) is 4.70. The van der Waals surface area contributed by atoms with E-state index in [0.717, 1.165) is 0 Å². The summed E-state index contributed by atoms with van der Waals surface area (Å²) in [5.74, 6) is -3.01. The van der Waals surface area contributed by atoms with Gasteiger partial charge in [0.2, 0.25) is 17.7 Å². The van der Waals surface area contributed by atoms with Crippen molar-refractivity contribution in [2.24, 2.45) is 5.92 Å². The Kier molecular flexibility index (Phi) is 4.42. The first kappa shape index (κ1) is 16.3. The van der Waals surface area contributed by atoms with E-state index in [-0.39, 0.29) is 31.2 Å². The van der Waals surface area contributed by atoms with Crippen LogP contribution < -0.4 is 10.6 Å². The number of halogens is 1. The molecule has 3 unspecified atom stereocenters. The quantitative estimate of drug-likeness (QED) is 0.631. The van der Waals surface area contributed by atoms with Crippen LogP contribution in [0.3, 0.4) is 0 Å². The fourth-order valence-corrected chi connectivity index (χ4v) is 3.36. The van der Waals surface area contributed by atoms with Crippen LogP contribution in [0, 0.1) is 11.7 Å². The van der Waals surface area contributed by atoms with E-state index in [2.05, 4.69) is 10.6 Å². The smallest absolute Gasteiger partial charge is 0.234 e. The molecule has 6 nitrogen and oxygen atoms in total. The first-order valence-electron chi connectivity index (χ1n) is 7.84. The summed E-state index contributed by atoms with van der Waals surface area (Å²) in [6.45, 7) is 0.205. The summed E-state index contributed by atoms with van der Waals surface area (Å²) in [5, 5.41) is 4.90. The van der Waals surface area contributed by atoms with Gasteiger partial charge in [0.05, 0.1) is 5.92 Å². The highest BCUT2D eigenvalue weighted by Crippen LogP contribution is 2.33. The van der Waals surface area contributed by atoms with E-state index in [0.29, 0.717) is 23.8 Å². The van der Waals surface area contributed by atoms with Crippen molar-refractivity contribution < 1.29 is 23.6 Å². The summed E-state index contributed by atoms with van der Waals surface area (Å²) in [6, 6.07) is 4.50. The van der Waals surface area contributed by atoms with Gasteiger partial charge in [-0.1, -0.05) is 12.1 Å². The normalized spacial score (nSPS) is 27.4. The highest BCUT2D eigenvalue weighted by Gasteiger charge is 2.33. The van der Waals surface area contributed by atoms with Crippen molar-refractivity contribution in [3.8, 4) is 0 Å². The Morgan fingerprint density at radius 3 is 2.62 bits per heavy atom. The van der Waals surface area contributed by atoms with E-state index in [4.69, 9.17) is 0 Å². The van der Waals surface area contributed by atoms with Gasteiger partial charge in [0.15, 0.2) is 0 Å². The van der Waals surface area contributed by atoms with Gasteiger partial charge in [0.1, 0.15) is 12.1 Å². The molecule has 2 N–H and O–H groups in total. The van der Waals surface area contributed by atoms with Gasteiger partial charge in [-0.25, -0.2) is 4.39 Å². The summed E-state index contributed by atoms with van der Waals surface area (Å²) < 4.78 is 14.6. The van der Waals surface area contributed by atoms with Crippen molar-refractivity contribution in [2.45, 2.75) is 31.1 Å². The van der Waals surface area contributed by atoms with Crippen molar-refractivity contribution in [1.82, 2.24) is 10.6 Å². The molecule has 7 heteroatoms. The minimum absolute atomic E-state index is 0.0441. The van der Waals surface area contributed by atoms with Crippen LogP contribution in [0.25, 0.3) is 0 Å². The second kappa shape index (κ2) is 6.51. The zero-order chi connectivity index (χ0) is 17.3. The van der Waals surface area contributed by atoms with Gasteiger partial charge in [-0.3, -0.25) is 19.7 Å². The summed E-state index contributed by atoms with van der Waals surface area (Å²) in [7, 11) is 0. The fraction of sp³-hybridized carbons (Fsp3) is 0.412. The van der Waals surface area contributed by atoms with Gasteiger partial charge in [-0.05, 0) is 23.6 Å². The molecule has 126 valence electrons. The van der Waals surface area contributed by atoms with Gasteiger partial charge >= 0.3 is 0 Å². The van der Waals surface area contributed by atoms with Crippen LogP contribution in [0.4, 0.5) is 4.39 Å². The highest BCUT2D eigenvalue weighted by atomic mass is 19.1. The molecular formula is C17H17FN2O4. The molecule has 3 rings (SSSR count). The maximum absolute atomic E-state index is 14.6. The van der Waals surface area contributed by atoms with Gasteiger partial charge in [-0.2, -0.15) is 0 Å².